The van der Waals surface area contributed by atoms with Crippen LogP contribution in [-0.4, -0.2) is 35.0 Å². The molecule has 3 nitrogen and oxygen atoms in total. The summed E-state index contributed by atoms with van der Waals surface area (Å²) in [6.07, 6.45) is 7.46. The zero-order chi connectivity index (χ0) is 7.68. The van der Waals surface area contributed by atoms with Crippen molar-refractivity contribution >= 4 is 5.84 Å². The van der Waals surface area contributed by atoms with Crippen LogP contribution in [0.15, 0.2) is 29.4 Å². The number of hydrogen-bond donors (Lipinski definition) is 1. The monoisotopic (exact) mass is 150 g/mol. The van der Waals surface area contributed by atoms with Gasteiger partial charge in [-0.2, -0.15) is 0 Å². The van der Waals surface area contributed by atoms with Gasteiger partial charge in [-0.25, -0.2) is 0 Å². The Bertz CT molecular complexity index is 242. The lowest BCUT2D eigenvalue weighted by atomic mass is 10.2. The second kappa shape index (κ2) is 2.51. The van der Waals surface area contributed by atoms with Crippen LogP contribution in [-0.2, 0) is 0 Å². The highest BCUT2D eigenvalue weighted by molar-refractivity contribution is 5.95. The van der Waals surface area contributed by atoms with E-state index in [4.69, 9.17) is 0 Å². The molecule has 0 aromatic carbocycles. The first-order chi connectivity index (χ1) is 5.36. The molecule has 1 atom stereocenters. The fourth-order valence-corrected chi connectivity index (χ4v) is 1.25. The van der Waals surface area contributed by atoms with Gasteiger partial charge in [-0.3, -0.25) is 4.99 Å². The van der Waals surface area contributed by atoms with E-state index in [1.165, 1.54) is 0 Å². The van der Waals surface area contributed by atoms with Crippen LogP contribution >= 0.6 is 0 Å². The molecule has 2 heterocycles. The molecule has 11 heavy (non-hydrogen) atoms. The van der Waals surface area contributed by atoms with E-state index in [0.29, 0.717) is 13.1 Å². The lowest BCUT2D eigenvalue weighted by Gasteiger charge is -2.28. The molecule has 58 valence electrons. The molecule has 0 amide bonds. The van der Waals surface area contributed by atoms with Crippen molar-refractivity contribution in [1.82, 2.24) is 4.90 Å². The molecule has 0 radical (unpaired) electrons. The van der Waals surface area contributed by atoms with E-state index >= 15 is 0 Å². The van der Waals surface area contributed by atoms with Crippen molar-refractivity contribution in [2.75, 3.05) is 13.1 Å². The molecular weight excluding hydrogens is 140 g/mol. The van der Waals surface area contributed by atoms with E-state index < -0.39 is 0 Å². The zero-order valence-electron chi connectivity index (χ0n) is 6.14. The number of aliphatic hydroxyl groups is 1. The summed E-state index contributed by atoms with van der Waals surface area (Å²) in [5.74, 6) is 0.956. The zero-order valence-corrected chi connectivity index (χ0v) is 6.14. The molecule has 0 aliphatic carbocycles. The Kier molecular flexibility index (Phi) is 1.51. The lowest BCUT2D eigenvalue weighted by molar-refractivity contribution is 0.154. The maximum absolute atomic E-state index is 9.24. The number of aliphatic imine (C=N–C) groups is 1. The van der Waals surface area contributed by atoms with E-state index in [1.807, 2.05) is 29.3 Å². The minimum atomic E-state index is -0.310. The van der Waals surface area contributed by atoms with E-state index in [9.17, 15) is 5.11 Å². The van der Waals surface area contributed by atoms with Gasteiger partial charge in [0.05, 0.1) is 19.2 Å². The summed E-state index contributed by atoms with van der Waals surface area (Å²) in [6, 6.07) is 0. The Hall–Kier alpha value is -1.09. The first-order valence-corrected chi connectivity index (χ1v) is 3.70. The van der Waals surface area contributed by atoms with Gasteiger partial charge in [-0.05, 0) is 12.2 Å². The highest BCUT2D eigenvalue weighted by Crippen LogP contribution is 2.08. The van der Waals surface area contributed by atoms with Crippen LogP contribution in [0.1, 0.15) is 0 Å². The van der Waals surface area contributed by atoms with Gasteiger partial charge >= 0.3 is 0 Å². The topological polar surface area (TPSA) is 35.8 Å². The summed E-state index contributed by atoms with van der Waals surface area (Å²) >= 11 is 0. The minimum absolute atomic E-state index is 0.310. The number of amidine groups is 1. The summed E-state index contributed by atoms with van der Waals surface area (Å²) in [5.41, 5.74) is 0. The molecule has 1 N–H and O–H groups in total. The van der Waals surface area contributed by atoms with E-state index in [0.717, 1.165) is 5.84 Å². The van der Waals surface area contributed by atoms with Gasteiger partial charge < -0.3 is 10.0 Å². The van der Waals surface area contributed by atoms with Crippen molar-refractivity contribution in [3.8, 4) is 0 Å². The molecular formula is C8H10N2O. The van der Waals surface area contributed by atoms with Crippen LogP contribution in [0, 0.1) is 0 Å². The SMILES string of the molecule is O[C@@H]1CN=C2C=CC=CN2C1. The van der Waals surface area contributed by atoms with Gasteiger partial charge in [-0.1, -0.05) is 6.08 Å². The Morgan fingerprint density at radius 1 is 1.55 bits per heavy atom. The normalized spacial score (nSPS) is 28.3. The average molecular weight is 150 g/mol. The number of hydrogen-bond acceptors (Lipinski definition) is 3. The van der Waals surface area contributed by atoms with Crippen molar-refractivity contribution in [2.24, 2.45) is 4.99 Å². The molecule has 0 unspecified atom stereocenters. The first kappa shape index (κ1) is 6.61. The van der Waals surface area contributed by atoms with Gasteiger partial charge in [0.15, 0.2) is 0 Å². The standard InChI is InChI=1S/C8H10N2O/c11-7-5-9-8-3-1-2-4-10(8)6-7/h1-4,7,11H,5-6H2/t7-/m1/s1. The molecule has 2 aliphatic rings. The van der Waals surface area contributed by atoms with Crippen molar-refractivity contribution in [1.29, 1.82) is 0 Å². The Morgan fingerprint density at radius 3 is 3.36 bits per heavy atom. The van der Waals surface area contributed by atoms with Gasteiger partial charge in [0, 0.05) is 6.20 Å². The van der Waals surface area contributed by atoms with Gasteiger partial charge in [0.1, 0.15) is 5.84 Å². The molecule has 0 saturated heterocycles. The number of aliphatic hydroxyl groups excluding tert-OH is 1. The highest BCUT2D eigenvalue weighted by Gasteiger charge is 2.17. The predicted molar refractivity (Wildman–Crippen MR) is 43.3 cm³/mol. The van der Waals surface area contributed by atoms with Gasteiger partial charge in [-0.15, -0.1) is 0 Å². The maximum Gasteiger partial charge on any atom is 0.127 e. The summed E-state index contributed by atoms with van der Waals surface area (Å²) in [7, 11) is 0. The molecule has 0 spiro atoms. The highest BCUT2D eigenvalue weighted by atomic mass is 16.3. The summed E-state index contributed by atoms with van der Waals surface area (Å²) in [5, 5.41) is 9.24. The average Bonchev–Trinajstić information content (AvgIpc) is 2.04. The molecule has 2 rings (SSSR count). The van der Waals surface area contributed by atoms with Crippen LogP contribution in [0.25, 0.3) is 0 Å². The Morgan fingerprint density at radius 2 is 2.45 bits per heavy atom. The molecule has 2 aliphatic heterocycles. The first-order valence-electron chi connectivity index (χ1n) is 3.70. The molecule has 0 bridgehead atoms. The van der Waals surface area contributed by atoms with E-state index in [1.54, 1.807) is 0 Å². The maximum atomic E-state index is 9.24. The largest absolute Gasteiger partial charge is 0.389 e. The van der Waals surface area contributed by atoms with Crippen LogP contribution in [0.4, 0.5) is 0 Å². The predicted octanol–water partition coefficient (Wildman–Crippen LogP) is 0.145. The molecule has 0 fully saturated rings. The quantitative estimate of drug-likeness (QED) is 0.533. The van der Waals surface area contributed by atoms with Crippen molar-refractivity contribution < 1.29 is 5.11 Å². The van der Waals surface area contributed by atoms with Gasteiger partial charge in [0.25, 0.3) is 0 Å². The number of allylic oxidation sites excluding steroid dienone is 2. The molecule has 0 aromatic rings. The van der Waals surface area contributed by atoms with Crippen LogP contribution in [0.5, 0.6) is 0 Å². The number of rotatable bonds is 0. The Labute approximate surface area is 65.4 Å². The lowest BCUT2D eigenvalue weighted by Crippen LogP contribution is -2.39. The van der Waals surface area contributed by atoms with Crippen molar-refractivity contribution in [2.45, 2.75) is 6.10 Å². The molecule has 3 heteroatoms. The molecule has 0 aromatic heterocycles. The van der Waals surface area contributed by atoms with Crippen molar-refractivity contribution in [3.63, 3.8) is 0 Å². The van der Waals surface area contributed by atoms with E-state index in [-0.39, 0.29) is 6.10 Å². The smallest absolute Gasteiger partial charge is 0.127 e. The summed E-state index contributed by atoms with van der Waals surface area (Å²) in [6.45, 7) is 1.20. The molecule has 0 saturated carbocycles. The Balaban J connectivity index is 2.23. The van der Waals surface area contributed by atoms with E-state index in [2.05, 4.69) is 4.99 Å². The minimum Gasteiger partial charge on any atom is -0.389 e. The number of fused-ring (bicyclic) bond motifs is 1. The third-order valence-corrected chi connectivity index (χ3v) is 1.79. The van der Waals surface area contributed by atoms with Gasteiger partial charge in [0.2, 0.25) is 0 Å². The third kappa shape index (κ3) is 1.19. The van der Waals surface area contributed by atoms with Crippen LogP contribution in [0.2, 0.25) is 0 Å². The summed E-state index contributed by atoms with van der Waals surface area (Å²) < 4.78 is 0. The van der Waals surface area contributed by atoms with Crippen LogP contribution in [0.3, 0.4) is 0 Å². The third-order valence-electron chi connectivity index (χ3n) is 1.79. The number of nitrogens with zero attached hydrogens (tertiary/aromatic N) is 2. The van der Waals surface area contributed by atoms with Crippen LogP contribution < -0.4 is 0 Å². The fraction of sp³-hybridized carbons (Fsp3) is 0.375. The second-order valence-corrected chi connectivity index (χ2v) is 2.71. The van der Waals surface area contributed by atoms with Crippen molar-refractivity contribution in [3.05, 3.63) is 24.4 Å². The summed E-state index contributed by atoms with van der Waals surface area (Å²) in [4.78, 5) is 6.14. The second-order valence-electron chi connectivity index (χ2n) is 2.71. The fourth-order valence-electron chi connectivity index (χ4n) is 1.25.